The van der Waals surface area contributed by atoms with Crippen LogP contribution in [0, 0.1) is 0 Å². The lowest BCUT2D eigenvalue weighted by Crippen LogP contribution is -1.89. The van der Waals surface area contributed by atoms with Crippen molar-refractivity contribution in [3.8, 4) is 0 Å². The second-order valence-corrected chi connectivity index (χ2v) is 2.69. The molecular formula is H8O8S2Si. The SMILES string of the molecule is O=S(=O)(O)O.O=S(=O)(O)O.[SiH4]. The standard InChI is InChI=1S/2H2O4S.H4Si/c2*1-5(2,3)4;/h2*(H2,1,2,3,4);1H4. The Bertz CT molecular complexity index is 208. The molecule has 4 N–H and O–H groups in total. The zero-order valence-corrected chi connectivity index (χ0v) is 5.87. The minimum atomic E-state index is -4.67. The zero-order valence-electron chi connectivity index (χ0n) is 4.24. The average Bonchev–Trinajstić information content (AvgIpc) is 1.12. The van der Waals surface area contributed by atoms with Gasteiger partial charge in [0.15, 0.2) is 0 Å². The Labute approximate surface area is 67.4 Å². The van der Waals surface area contributed by atoms with Crippen LogP contribution in [0.3, 0.4) is 0 Å². The third-order valence-electron chi connectivity index (χ3n) is 0. The molecule has 11 heavy (non-hydrogen) atoms. The third-order valence-corrected chi connectivity index (χ3v) is 0. The molecule has 0 aliphatic carbocycles. The monoisotopic (exact) mass is 228 g/mol. The first kappa shape index (κ1) is 17.2. The maximum Gasteiger partial charge on any atom is 0.394 e. The first-order valence-electron chi connectivity index (χ1n) is 1.40. The fourth-order valence-electron chi connectivity index (χ4n) is 0. The molecule has 0 aromatic rings. The van der Waals surface area contributed by atoms with Crippen molar-refractivity contribution < 1.29 is 35.0 Å². The van der Waals surface area contributed by atoms with Gasteiger partial charge in [0.25, 0.3) is 0 Å². The van der Waals surface area contributed by atoms with Crippen LogP contribution >= 0.6 is 0 Å². The summed E-state index contributed by atoms with van der Waals surface area (Å²) < 4.78 is 63.2. The normalized spacial score (nSPS) is 10.5. The molecule has 8 nitrogen and oxygen atoms in total. The second-order valence-electron chi connectivity index (χ2n) is 0.896. The molecule has 72 valence electrons. The van der Waals surface area contributed by atoms with E-state index in [4.69, 9.17) is 35.0 Å². The zero-order chi connectivity index (χ0) is 9.00. The van der Waals surface area contributed by atoms with Crippen LogP contribution in [0.2, 0.25) is 0 Å². The van der Waals surface area contributed by atoms with Gasteiger partial charge >= 0.3 is 20.8 Å². The third kappa shape index (κ3) is 339000. The molecule has 0 spiro atoms. The summed E-state index contributed by atoms with van der Waals surface area (Å²) in [6.07, 6.45) is 0. The summed E-state index contributed by atoms with van der Waals surface area (Å²) in [5.41, 5.74) is 0. The van der Waals surface area contributed by atoms with Gasteiger partial charge in [-0.3, -0.25) is 18.2 Å². The molecule has 0 saturated carbocycles. The fourth-order valence-corrected chi connectivity index (χ4v) is 0. The minimum absolute atomic E-state index is 0. The Morgan fingerprint density at radius 2 is 0.636 bits per heavy atom. The van der Waals surface area contributed by atoms with Crippen LogP contribution in [0.25, 0.3) is 0 Å². The van der Waals surface area contributed by atoms with Gasteiger partial charge in [0, 0.05) is 0 Å². The number of hydrogen-bond acceptors (Lipinski definition) is 4. The van der Waals surface area contributed by atoms with Crippen LogP contribution in [0.5, 0.6) is 0 Å². The van der Waals surface area contributed by atoms with E-state index in [0.29, 0.717) is 0 Å². The van der Waals surface area contributed by atoms with Gasteiger partial charge < -0.3 is 0 Å². The van der Waals surface area contributed by atoms with Crippen LogP contribution in [0.15, 0.2) is 0 Å². The molecule has 0 atom stereocenters. The summed E-state index contributed by atoms with van der Waals surface area (Å²) in [6.45, 7) is 0. The summed E-state index contributed by atoms with van der Waals surface area (Å²) in [7, 11) is -9.33. The summed E-state index contributed by atoms with van der Waals surface area (Å²) in [6, 6.07) is 0. The van der Waals surface area contributed by atoms with E-state index in [1.54, 1.807) is 0 Å². The molecular weight excluding hydrogens is 220 g/mol. The van der Waals surface area contributed by atoms with Crippen molar-refractivity contribution in [3.63, 3.8) is 0 Å². The number of rotatable bonds is 0. The lowest BCUT2D eigenvalue weighted by Gasteiger charge is -1.68. The van der Waals surface area contributed by atoms with Gasteiger partial charge in [0.1, 0.15) is 0 Å². The van der Waals surface area contributed by atoms with Crippen molar-refractivity contribution in [2.24, 2.45) is 0 Å². The smallest absolute Gasteiger partial charge is 0.264 e. The Kier molecular flexibility index (Phi) is 8.71. The van der Waals surface area contributed by atoms with Gasteiger partial charge in [-0.15, -0.1) is 0 Å². The minimum Gasteiger partial charge on any atom is -0.264 e. The molecule has 0 bridgehead atoms. The van der Waals surface area contributed by atoms with E-state index < -0.39 is 20.8 Å². The van der Waals surface area contributed by atoms with E-state index in [2.05, 4.69) is 0 Å². The van der Waals surface area contributed by atoms with Crippen molar-refractivity contribution in [3.05, 3.63) is 0 Å². The Hall–Kier alpha value is -0.0431. The summed E-state index contributed by atoms with van der Waals surface area (Å²) in [5.74, 6) is 0. The van der Waals surface area contributed by atoms with E-state index in [1.165, 1.54) is 0 Å². The van der Waals surface area contributed by atoms with Gasteiger partial charge in [-0.2, -0.15) is 16.8 Å². The van der Waals surface area contributed by atoms with Crippen molar-refractivity contribution in [1.29, 1.82) is 0 Å². The van der Waals surface area contributed by atoms with Crippen molar-refractivity contribution >= 4 is 31.8 Å². The van der Waals surface area contributed by atoms with E-state index in [9.17, 15) is 0 Å². The molecule has 0 fully saturated rings. The van der Waals surface area contributed by atoms with Gasteiger partial charge in [-0.25, -0.2) is 0 Å². The summed E-state index contributed by atoms with van der Waals surface area (Å²) in [5, 5.41) is 0. The second kappa shape index (κ2) is 5.59. The average molecular weight is 228 g/mol. The molecule has 0 unspecified atom stereocenters. The van der Waals surface area contributed by atoms with Crippen LogP contribution < -0.4 is 0 Å². The quantitative estimate of drug-likeness (QED) is 0.257. The van der Waals surface area contributed by atoms with Crippen LogP contribution in [-0.2, 0) is 20.8 Å². The molecule has 0 radical (unpaired) electrons. The molecule has 0 aliphatic heterocycles. The molecule has 0 aliphatic rings. The van der Waals surface area contributed by atoms with E-state index >= 15 is 0 Å². The van der Waals surface area contributed by atoms with Gasteiger partial charge in [0.05, 0.1) is 0 Å². The molecule has 0 aromatic carbocycles. The molecule has 0 aromatic heterocycles. The highest BCUT2D eigenvalue weighted by Gasteiger charge is 1.85. The first-order chi connectivity index (χ1) is 4.00. The maximum absolute atomic E-state index is 8.74. The predicted molar refractivity (Wildman–Crippen MR) is 39.7 cm³/mol. The topological polar surface area (TPSA) is 149 Å². The first-order valence-corrected chi connectivity index (χ1v) is 4.19. The highest BCUT2D eigenvalue weighted by Crippen LogP contribution is 1.59. The van der Waals surface area contributed by atoms with Crippen LogP contribution in [0.4, 0.5) is 0 Å². The van der Waals surface area contributed by atoms with E-state index in [-0.39, 0.29) is 11.0 Å². The highest BCUT2D eigenvalue weighted by atomic mass is 32.3. The predicted octanol–water partition coefficient (Wildman–Crippen LogP) is -2.76. The van der Waals surface area contributed by atoms with E-state index in [1.807, 2.05) is 0 Å². The van der Waals surface area contributed by atoms with Crippen molar-refractivity contribution in [1.82, 2.24) is 0 Å². The summed E-state index contributed by atoms with van der Waals surface area (Å²) in [4.78, 5) is 0. The Balaban J connectivity index is -0.000000107. The van der Waals surface area contributed by atoms with Gasteiger partial charge in [-0.1, -0.05) is 0 Å². The van der Waals surface area contributed by atoms with Crippen LogP contribution in [0.1, 0.15) is 0 Å². The highest BCUT2D eigenvalue weighted by molar-refractivity contribution is 7.80. The largest absolute Gasteiger partial charge is 0.394 e. The molecule has 0 amide bonds. The lowest BCUT2D eigenvalue weighted by atomic mass is 15.8. The Morgan fingerprint density at radius 1 is 0.636 bits per heavy atom. The lowest BCUT2D eigenvalue weighted by molar-refractivity contribution is 0.378. The van der Waals surface area contributed by atoms with Crippen molar-refractivity contribution in [2.45, 2.75) is 0 Å². The van der Waals surface area contributed by atoms with E-state index in [0.717, 1.165) is 0 Å². The van der Waals surface area contributed by atoms with Crippen LogP contribution in [-0.4, -0.2) is 46.0 Å². The molecule has 11 heteroatoms. The van der Waals surface area contributed by atoms with Crippen molar-refractivity contribution in [2.75, 3.05) is 0 Å². The molecule has 0 rings (SSSR count). The van der Waals surface area contributed by atoms with Gasteiger partial charge in [0.2, 0.25) is 0 Å². The summed E-state index contributed by atoms with van der Waals surface area (Å²) >= 11 is 0. The maximum atomic E-state index is 8.74. The Morgan fingerprint density at radius 3 is 0.636 bits per heavy atom. The van der Waals surface area contributed by atoms with Gasteiger partial charge in [-0.05, 0) is 11.0 Å². The number of hydrogen-bond donors (Lipinski definition) is 4. The molecule has 0 heterocycles. The molecule has 0 saturated heterocycles. The fraction of sp³-hybridized carbons (Fsp3) is 0.